The third kappa shape index (κ3) is 3.63. The smallest absolute Gasteiger partial charge is 0.185 e. The summed E-state index contributed by atoms with van der Waals surface area (Å²) in [6, 6.07) is 0. The van der Waals surface area contributed by atoms with Crippen LogP contribution in [-0.4, -0.2) is 57.4 Å². The molecule has 2 aliphatic heterocycles. The van der Waals surface area contributed by atoms with Gasteiger partial charge in [-0.15, -0.1) is 21.5 Å². The summed E-state index contributed by atoms with van der Waals surface area (Å²) in [6.07, 6.45) is 4.41. The molecule has 0 spiro atoms. The summed E-state index contributed by atoms with van der Waals surface area (Å²) in [5, 5.41) is 13.4. The third-order valence-corrected chi connectivity index (χ3v) is 6.60. The van der Waals surface area contributed by atoms with Crippen molar-refractivity contribution in [3.05, 3.63) is 22.7 Å². The largest absolute Gasteiger partial charge is 0.349 e. The van der Waals surface area contributed by atoms with E-state index in [0.717, 1.165) is 63.3 Å². The van der Waals surface area contributed by atoms with Gasteiger partial charge in [0, 0.05) is 49.7 Å². The molecular weight excluding hydrogens is 346 g/mol. The monoisotopic (exact) mass is 375 g/mol. The highest BCUT2D eigenvalue weighted by Crippen LogP contribution is 2.30. The van der Waals surface area contributed by atoms with Crippen molar-refractivity contribution >= 4 is 16.5 Å². The second-order valence-corrected chi connectivity index (χ2v) is 8.23. The fraction of sp³-hybridized carbons (Fsp3) is 0.722. The first kappa shape index (κ1) is 17.9. The molecule has 142 valence electrons. The zero-order valence-electron chi connectivity index (χ0n) is 15.8. The van der Waals surface area contributed by atoms with E-state index in [1.807, 2.05) is 11.3 Å². The number of hydrogen-bond donors (Lipinski definition) is 1. The van der Waals surface area contributed by atoms with Gasteiger partial charge in [0.15, 0.2) is 5.13 Å². The molecule has 1 N–H and O–H groups in total. The Bertz CT molecular complexity index is 713. The van der Waals surface area contributed by atoms with E-state index in [4.69, 9.17) is 0 Å². The average Bonchev–Trinajstić information content (AvgIpc) is 3.31. The molecule has 2 aromatic heterocycles. The summed E-state index contributed by atoms with van der Waals surface area (Å²) in [4.78, 5) is 10.9. The van der Waals surface area contributed by atoms with Crippen LogP contribution in [0, 0.1) is 0 Å². The van der Waals surface area contributed by atoms with Crippen molar-refractivity contribution in [1.82, 2.24) is 30.0 Å². The van der Waals surface area contributed by atoms with E-state index < -0.39 is 0 Å². The van der Waals surface area contributed by atoms with Crippen LogP contribution >= 0.6 is 11.3 Å². The highest BCUT2D eigenvalue weighted by molar-refractivity contribution is 7.15. The van der Waals surface area contributed by atoms with Crippen molar-refractivity contribution in [2.45, 2.75) is 52.2 Å². The minimum Gasteiger partial charge on any atom is -0.349 e. The van der Waals surface area contributed by atoms with Gasteiger partial charge in [-0.3, -0.25) is 4.90 Å². The fourth-order valence-electron chi connectivity index (χ4n) is 4.00. The van der Waals surface area contributed by atoms with Gasteiger partial charge in [-0.05, 0) is 39.8 Å². The first-order chi connectivity index (χ1) is 12.8. The Labute approximate surface area is 159 Å². The van der Waals surface area contributed by atoms with Crippen LogP contribution in [0.1, 0.15) is 49.1 Å². The Morgan fingerprint density at radius 3 is 2.77 bits per heavy atom. The lowest BCUT2D eigenvalue weighted by atomic mass is 9.95. The second kappa shape index (κ2) is 8.02. The summed E-state index contributed by atoms with van der Waals surface area (Å²) in [6.45, 7) is 12.6. The molecule has 4 heterocycles. The highest BCUT2D eigenvalue weighted by Gasteiger charge is 2.27. The summed E-state index contributed by atoms with van der Waals surface area (Å²) < 4.78 is 2.34. The molecule has 8 heteroatoms. The zero-order chi connectivity index (χ0) is 17.9. The SMILES string of the molecule is CCN(CC)c1ncc(CN2CCC(c3nnc4n3CCNC4)CC2)s1. The maximum absolute atomic E-state index is 4.62. The Balaban J connectivity index is 1.33. The lowest BCUT2D eigenvalue weighted by Crippen LogP contribution is -2.34. The van der Waals surface area contributed by atoms with Gasteiger partial charge in [0.25, 0.3) is 0 Å². The Kier molecular flexibility index (Phi) is 5.52. The van der Waals surface area contributed by atoms with Crippen molar-refractivity contribution < 1.29 is 0 Å². The molecule has 2 aromatic rings. The van der Waals surface area contributed by atoms with Crippen LogP contribution < -0.4 is 10.2 Å². The van der Waals surface area contributed by atoms with Gasteiger partial charge in [-0.2, -0.15) is 0 Å². The Hall–Kier alpha value is -1.51. The van der Waals surface area contributed by atoms with Crippen molar-refractivity contribution in [2.24, 2.45) is 0 Å². The molecule has 0 saturated carbocycles. The van der Waals surface area contributed by atoms with E-state index in [1.165, 1.54) is 23.5 Å². The number of anilines is 1. The number of aromatic nitrogens is 4. The predicted octanol–water partition coefficient (Wildman–Crippen LogP) is 2.06. The standard InChI is InChI=1S/C18H29N7S/c1-3-24(4-2)18-20-11-15(26-18)13-23-8-5-14(6-9-23)17-22-21-16-12-19-7-10-25(16)17/h11,14,19H,3-10,12-13H2,1-2H3. The molecular formula is C18H29N7S. The maximum atomic E-state index is 4.62. The first-order valence-electron chi connectivity index (χ1n) is 9.83. The third-order valence-electron chi connectivity index (χ3n) is 5.56. The van der Waals surface area contributed by atoms with Crippen molar-refractivity contribution in [3.8, 4) is 0 Å². The molecule has 0 radical (unpaired) electrons. The van der Waals surface area contributed by atoms with Gasteiger partial charge < -0.3 is 14.8 Å². The first-order valence-corrected chi connectivity index (χ1v) is 10.6. The van der Waals surface area contributed by atoms with Crippen LogP contribution in [-0.2, 0) is 19.6 Å². The highest BCUT2D eigenvalue weighted by atomic mass is 32.1. The molecule has 0 amide bonds. The number of piperidine rings is 1. The molecule has 0 atom stereocenters. The molecule has 0 bridgehead atoms. The average molecular weight is 376 g/mol. The van der Waals surface area contributed by atoms with Crippen LogP contribution in [0.5, 0.6) is 0 Å². The van der Waals surface area contributed by atoms with Crippen LogP contribution in [0.15, 0.2) is 6.20 Å². The molecule has 1 saturated heterocycles. The fourth-order valence-corrected chi connectivity index (χ4v) is 5.08. The van der Waals surface area contributed by atoms with Gasteiger partial charge in [-0.25, -0.2) is 4.98 Å². The number of thiazole rings is 1. The van der Waals surface area contributed by atoms with Crippen LogP contribution in [0.4, 0.5) is 5.13 Å². The topological polar surface area (TPSA) is 62.1 Å². The van der Waals surface area contributed by atoms with Gasteiger partial charge in [-0.1, -0.05) is 0 Å². The van der Waals surface area contributed by atoms with E-state index in [0.29, 0.717) is 5.92 Å². The summed E-state index contributed by atoms with van der Waals surface area (Å²) in [7, 11) is 0. The molecule has 26 heavy (non-hydrogen) atoms. The van der Waals surface area contributed by atoms with Gasteiger partial charge in [0.2, 0.25) is 0 Å². The second-order valence-electron chi connectivity index (χ2n) is 7.13. The number of rotatable bonds is 6. The predicted molar refractivity (Wildman–Crippen MR) is 105 cm³/mol. The number of nitrogens with one attached hydrogen (secondary N) is 1. The minimum absolute atomic E-state index is 0.554. The number of hydrogen-bond acceptors (Lipinski definition) is 7. The lowest BCUT2D eigenvalue weighted by molar-refractivity contribution is 0.201. The summed E-state index contributed by atoms with van der Waals surface area (Å²) in [5.41, 5.74) is 0. The van der Waals surface area contributed by atoms with Crippen LogP contribution in [0.3, 0.4) is 0 Å². The van der Waals surface area contributed by atoms with Crippen molar-refractivity contribution in [1.29, 1.82) is 0 Å². The molecule has 2 aliphatic rings. The minimum atomic E-state index is 0.554. The van der Waals surface area contributed by atoms with Gasteiger partial charge >= 0.3 is 0 Å². The van der Waals surface area contributed by atoms with Crippen molar-refractivity contribution in [3.63, 3.8) is 0 Å². The van der Waals surface area contributed by atoms with E-state index >= 15 is 0 Å². The van der Waals surface area contributed by atoms with E-state index in [1.54, 1.807) is 0 Å². The number of likely N-dealkylation sites (tertiary alicyclic amines) is 1. The molecule has 4 rings (SSSR count). The molecule has 0 unspecified atom stereocenters. The van der Waals surface area contributed by atoms with E-state index in [2.05, 4.69) is 54.9 Å². The number of fused-ring (bicyclic) bond motifs is 1. The van der Waals surface area contributed by atoms with E-state index in [-0.39, 0.29) is 0 Å². The molecule has 0 aliphatic carbocycles. The van der Waals surface area contributed by atoms with Gasteiger partial charge in [0.1, 0.15) is 11.6 Å². The zero-order valence-corrected chi connectivity index (χ0v) is 16.6. The normalized spacial score (nSPS) is 18.8. The summed E-state index contributed by atoms with van der Waals surface area (Å²) in [5.74, 6) is 2.86. The maximum Gasteiger partial charge on any atom is 0.185 e. The van der Waals surface area contributed by atoms with E-state index in [9.17, 15) is 0 Å². The molecule has 1 fully saturated rings. The van der Waals surface area contributed by atoms with Crippen molar-refractivity contribution in [2.75, 3.05) is 37.6 Å². The lowest BCUT2D eigenvalue weighted by Gasteiger charge is -2.31. The Morgan fingerprint density at radius 2 is 2.00 bits per heavy atom. The molecule has 7 nitrogen and oxygen atoms in total. The quantitative estimate of drug-likeness (QED) is 0.834. The summed E-state index contributed by atoms with van der Waals surface area (Å²) >= 11 is 1.84. The molecule has 0 aromatic carbocycles. The Morgan fingerprint density at radius 1 is 1.19 bits per heavy atom. The van der Waals surface area contributed by atoms with Gasteiger partial charge in [0.05, 0.1) is 6.54 Å². The number of nitrogens with zero attached hydrogens (tertiary/aromatic N) is 6. The van der Waals surface area contributed by atoms with Crippen LogP contribution in [0.2, 0.25) is 0 Å². The van der Waals surface area contributed by atoms with Crippen LogP contribution in [0.25, 0.3) is 0 Å².